The second-order valence-corrected chi connectivity index (χ2v) is 5.67. The van der Waals surface area contributed by atoms with E-state index in [2.05, 4.69) is 25.1 Å². The number of ketones is 2. The summed E-state index contributed by atoms with van der Waals surface area (Å²) < 4.78 is 14.3. The van der Waals surface area contributed by atoms with Crippen molar-refractivity contribution in [2.45, 2.75) is 6.92 Å². The summed E-state index contributed by atoms with van der Waals surface area (Å²) in [4.78, 5) is 34.7. The lowest BCUT2D eigenvalue weighted by molar-refractivity contribution is -0.113. The number of nitrogens with one attached hydrogen (secondary N) is 2. The zero-order valence-corrected chi connectivity index (χ0v) is 13.6. The van der Waals surface area contributed by atoms with Gasteiger partial charge >= 0.3 is 0 Å². The molecule has 0 aliphatic heterocycles. The molecule has 0 amide bonds. The van der Waals surface area contributed by atoms with Crippen LogP contribution in [0.25, 0.3) is 33.8 Å². The number of carbonyl (C=O) groups excluding carboxylic acids is 2. The van der Waals surface area contributed by atoms with E-state index in [1.807, 2.05) is 30.3 Å². The van der Waals surface area contributed by atoms with Crippen LogP contribution in [0.3, 0.4) is 0 Å². The highest BCUT2D eigenvalue weighted by atomic mass is 19.1. The maximum atomic E-state index is 14.3. The standard InChI is InChI=1S/C18H12FN5O2/c1-9(25)16(26)11-7-20-14-13(11)12(19)8-21-15(14)18-22-17(23-24-18)10-5-3-2-4-6-10/h2-8,20H,1H3,(H,22,23,24). The van der Waals surface area contributed by atoms with Crippen LogP contribution >= 0.6 is 0 Å². The van der Waals surface area contributed by atoms with Gasteiger partial charge in [-0.2, -0.15) is 5.10 Å². The summed E-state index contributed by atoms with van der Waals surface area (Å²) in [7, 11) is 0. The average molecular weight is 349 g/mol. The molecule has 2 N–H and O–H groups in total. The van der Waals surface area contributed by atoms with E-state index in [0.29, 0.717) is 17.3 Å². The van der Waals surface area contributed by atoms with Gasteiger partial charge < -0.3 is 4.98 Å². The molecule has 4 rings (SSSR count). The summed E-state index contributed by atoms with van der Waals surface area (Å²) >= 11 is 0. The Hall–Kier alpha value is -3.68. The molecule has 0 bridgehead atoms. The number of hydrogen-bond acceptors (Lipinski definition) is 5. The largest absolute Gasteiger partial charge is 0.358 e. The summed E-state index contributed by atoms with van der Waals surface area (Å²) in [5.74, 6) is -1.36. The van der Waals surface area contributed by atoms with Crippen LogP contribution in [-0.4, -0.2) is 36.7 Å². The van der Waals surface area contributed by atoms with Gasteiger partial charge in [-0.15, -0.1) is 0 Å². The van der Waals surface area contributed by atoms with Crippen LogP contribution in [0.15, 0.2) is 42.7 Å². The predicted molar refractivity (Wildman–Crippen MR) is 91.9 cm³/mol. The fourth-order valence-electron chi connectivity index (χ4n) is 2.74. The van der Waals surface area contributed by atoms with Crippen molar-refractivity contribution >= 4 is 22.5 Å². The predicted octanol–water partition coefficient (Wildman–Crippen LogP) is 2.93. The monoisotopic (exact) mass is 349 g/mol. The van der Waals surface area contributed by atoms with Crippen LogP contribution in [0.2, 0.25) is 0 Å². The van der Waals surface area contributed by atoms with Crippen LogP contribution < -0.4 is 0 Å². The Kier molecular flexibility index (Phi) is 3.65. The Balaban J connectivity index is 1.86. The first-order chi connectivity index (χ1) is 12.6. The first-order valence-corrected chi connectivity index (χ1v) is 7.75. The number of Topliss-reactive ketones (excluding diaryl/α,β-unsaturated/α-hetero) is 2. The van der Waals surface area contributed by atoms with Crippen LogP contribution in [-0.2, 0) is 4.79 Å². The number of fused-ring (bicyclic) bond motifs is 1. The summed E-state index contributed by atoms with van der Waals surface area (Å²) in [6, 6.07) is 9.33. The number of H-pyrrole nitrogens is 2. The zero-order chi connectivity index (χ0) is 18.3. The minimum absolute atomic E-state index is 0.00728. The first kappa shape index (κ1) is 15.8. The van der Waals surface area contributed by atoms with E-state index < -0.39 is 17.4 Å². The average Bonchev–Trinajstić information content (AvgIpc) is 3.30. The molecule has 0 unspecified atom stereocenters. The van der Waals surface area contributed by atoms with Gasteiger partial charge in [0.25, 0.3) is 0 Å². The van der Waals surface area contributed by atoms with Gasteiger partial charge in [-0.05, 0) is 0 Å². The topological polar surface area (TPSA) is 104 Å². The Morgan fingerprint density at radius 3 is 2.65 bits per heavy atom. The molecule has 3 heterocycles. The molecule has 0 spiro atoms. The lowest BCUT2D eigenvalue weighted by atomic mass is 10.1. The van der Waals surface area contributed by atoms with Gasteiger partial charge in [0.05, 0.1) is 22.7 Å². The van der Waals surface area contributed by atoms with Gasteiger partial charge in [-0.25, -0.2) is 14.4 Å². The fraction of sp³-hybridized carbons (Fsp3) is 0.0556. The molecule has 1 aromatic carbocycles. The van der Waals surface area contributed by atoms with Gasteiger partial charge in [0.15, 0.2) is 23.2 Å². The van der Waals surface area contributed by atoms with Gasteiger partial charge in [0.1, 0.15) is 5.69 Å². The zero-order valence-electron chi connectivity index (χ0n) is 13.6. The summed E-state index contributed by atoms with van der Waals surface area (Å²) in [6.45, 7) is 1.14. The van der Waals surface area contributed by atoms with Gasteiger partial charge in [0, 0.05) is 18.7 Å². The quantitative estimate of drug-likeness (QED) is 0.435. The first-order valence-electron chi connectivity index (χ1n) is 7.75. The summed E-state index contributed by atoms with van der Waals surface area (Å²) in [5.41, 5.74) is 1.35. The molecule has 7 nitrogen and oxygen atoms in total. The number of aromatic amines is 2. The van der Waals surface area contributed by atoms with E-state index in [0.717, 1.165) is 18.7 Å². The van der Waals surface area contributed by atoms with Crippen molar-refractivity contribution in [2.75, 3.05) is 0 Å². The molecule has 0 saturated carbocycles. The van der Waals surface area contributed by atoms with Crippen LogP contribution in [0.1, 0.15) is 17.3 Å². The highest BCUT2D eigenvalue weighted by Crippen LogP contribution is 2.29. The van der Waals surface area contributed by atoms with Crippen LogP contribution in [0, 0.1) is 5.82 Å². The van der Waals surface area contributed by atoms with Crippen LogP contribution in [0.5, 0.6) is 0 Å². The Morgan fingerprint density at radius 2 is 1.92 bits per heavy atom. The number of rotatable bonds is 4. The molecule has 8 heteroatoms. The molecule has 0 atom stereocenters. The summed E-state index contributed by atoms with van der Waals surface area (Å²) in [6.07, 6.45) is 2.30. The maximum Gasteiger partial charge on any atom is 0.230 e. The Labute approximate surface area is 146 Å². The number of carbonyl (C=O) groups is 2. The molecule has 0 radical (unpaired) electrons. The Morgan fingerprint density at radius 1 is 1.15 bits per heavy atom. The molecule has 0 saturated heterocycles. The second-order valence-electron chi connectivity index (χ2n) is 5.67. The third kappa shape index (κ3) is 2.48. The van der Waals surface area contributed by atoms with Crippen molar-refractivity contribution in [3.05, 3.63) is 54.1 Å². The van der Waals surface area contributed by atoms with E-state index >= 15 is 0 Å². The lowest BCUT2D eigenvalue weighted by Gasteiger charge is -2.01. The highest BCUT2D eigenvalue weighted by Gasteiger charge is 2.22. The molecule has 128 valence electrons. The molecule has 0 fully saturated rings. The van der Waals surface area contributed by atoms with Gasteiger partial charge in [-0.1, -0.05) is 30.3 Å². The number of hydrogen-bond donors (Lipinski definition) is 2. The molecule has 26 heavy (non-hydrogen) atoms. The number of halogens is 1. The van der Waals surface area contributed by atoms with Crippen molar-refractivity contribution < 1.29 is 14.0 Å². The van der Waals surface area contributed by atoms with Crippen molar-refractivity contribution in [3.8, 4) is 22.9 Å². The molecular weight excluding hydrogens is 337 g/mol. The number of aromatic nitrogens is 5. The molecule has 3 aromatic heterocycles. The van der Waals surface area contributed by atoms with Crippen molar-refractivity contribution in [3.63, 3.8) is 0 Å². The third-order valence-electron chi connectivity index (χ3n) is 3.97. The van der Waals surface area contributed by atoms with E-state index in [4.69, 9.17) is 0 Å². The Bertz CT molecular complexity index is 1150. The molecule has 0 aliphatic rings. The summed E-state index contributed by atoms with van der Waals surface area (Å²) in [5, 5.41) is 6.94. The van der Waals surface area contributed by atoms with Gasteiger partial charge in [-0.3, -0.25) is 14.7 Å². The second kappa shape index (κ2) is 5.99. The van der Waals surface area contributed by atoms with E-state index in [-0.39, 0.29) is 16.5 Å². The van der Waals surface area contributed by atoms with E-state index in [1.165, 1.54) is 6.20 Å². The van der Waals surface area contributed by atoms with E-state index in [1.54, 1.807) is 0 Å². The highest BCUT2D eigenvalue weighted by molar-refractivity contribution is 6.45. The minimum atomic E-state index is -0.769. The maximum absolute atomic E-state index is 14.3. The molecular formula is C18H12FN5O2. The number of benzene rings is 1. The van der Waals surface area contributed by atoms with Crippen molar-refractivity contribution in [1.82, 2.24) is 25.1 Å². The van der Waals surface area contributed by atoms with Crippen molar-refractivity contribution in [2.24, 2.45) is 0 Å². The number of pyridine rings is 1. The van der Waals surface area contributed by atoms with Crippen molar-refractivity contribution in [1.29, 1.82) is 0 Å². The third-order valence-corrected chi connectivity index (χ3v) is 3.97. The minimum Gasteiger partial charge on any atom is -0.358 e. The molecule has 4 aromatic rings. The van der Waals surface area contributed by atoms with Crippen LogP contribution in [0.4, 0.5) is 4.39 Å². The SMILES string of the molecule is CC(=O)C(=O)c1c[nH]c2c(-c3nc(-c4ccccc4)n[nH]3)ncc(F)c12. The fourth-order valence-corrected chi connectivity index (χ4v) is 2.74. The smallest absolute Gasteiger partial charge is 0.230 e. The lowest BCUT2D eigenvalue weighted by Crippen LogP contribution is -2.09. The number of nitrogens with zero attached hydrogens (tertiary/aromatic N) is 3. The van der Waals surface area contributed by atoms with Gasteiger partial charge in [0.2, 0.25) is 5.78 Å². The van der Waals surface area contributed by atoms with E-state index in [9.17, 15) is 14.0 Å². The molecule has 0 aliphatic carbocycles. The normalized spacial score (nSPS) is 11.0.